The Morgan fingerprint density at radius 2 is 2.38 bits per heavy atom. The van der Waals surface area contributed by atoms with Crippen molar-refractivity contribution < 1.29 is 14.6 Å². The molecular formula is C11H22N2O3. The summed E-state index contributed by atoms with van der Waals surface area (Å²) in [6.07, 6.45) is 0.536. The molecule has 0 aromatic carbocycles. The topological polar surface area (TPSA) is 70.6 Å². The minimum Gasteiger partial charge on any atom is -0.396 e. The van der Waals surface area contributed by atoms with Gasteiger partial charge in [-0.2, -0.15) is 0 Å². The van der Waals surface area contributed by atoms with Gasteiger partial charge in [0, 0.05) is 20.3 Å². The number of carbonyl (C=O) groups excluding carboxylic acids is 1. The molecule has 1 rings (SSSR count). The summed E-state index contributed by atoms with van der Waals surface area (Å²) in [6, 6.07) is -0.0877. The van der Waals surface area contributed by atoms with E-state index in [0.29, 0.717) is 18.9 Å². The number of nitrogens with one attached hydrogen (secondary N) is 2. The summed E-state index contributed by atoms with van der Waals surface area (Å²) in [5, 5.41) is 15.0. The molecule has 0 spiro atoms. The third-order valence-electron chi connectivity index (χ3n) is 3.05. The van der Waals surface area contributed by atoms with Crippen molar-refractivity contribution in [3.05, 3.63) is 0 Å². The molecule has 0 radical (unpaired) electrons. The van der Waals surface area contributed by atoms with Gasteiger partial charge in [0.15, 0.2) is 0 Å². The molecule has 0 bridgehead atoms. The van der Waals surface area contributed by atoms with E-state index in [2.05, 4.69) is 17.6 Å². The Labute approximate surface area is 96.6 Å². The van der Waals surface area contributed by atoms with Gasteiger partial charge in [0.1, 0.15) is 0 Å². The summed E-state index contributed by atoms with van der Waals surface area (Å²) in [4.78, 5) is 11.9. The van der Waals surface area contributed by atoms with Gasteiger partial charge in [-0.25, -0.2) is 0 Å². The maximum Gasteiger partial charge on any atom is 0.225 e. The lowest BCUT2D eigenvalue weighted by molar-refractivity contribution is -0.126. The maximum atomic E-state index is 11.9. The summed E-state index contributed by atoms with van der Waals surface area (Å²) < 4.78 is 5.01. The molecule has 3 unspecified atom stereocenters. The molecule has 0 aromatic heterocycles. The highest BCUT2D eigenvalue weighted by atomic mass is 16.5. The summed E-state index contributed by atoms with van der Waals surface area (Å²) in [6.45, 7) is 4.22. The van der Waals surface area contributed by atoms with Crippen LogP contribution in [0.1, 0.15) is 13.3 Å². The van der Waals surface area contributed by atoms with Gasteiger partial charge in [-0.05, 0) is 18.9 Å². The first kappa shape index (κ1) is 13.4. The van der Waals surface area contributed by atoms with E-state index in [1.54, 1.807) is 7.11 Å². The van der Waals surface area contributed by atoms with Crippen LogP contribution in [-0.4, -0.2) is 50.5 Å². The second-order valence-corrected chi connectivity index (χ2v) is 4.42. The van der Waals surface area contributed by atoms with E-state index in [0.717, 1.165) is 13.1 Å². The van der Waals surface area contributed by atoms with E-state index in [9.17, 15) is 4.79 Å². The van der Waals surface area contributed by atoms with Crippen molar-refractivity contribution in [2.75, 3.05) is 33.4 Å². The second-order valence-electron chi connectivity index (χ2n) is 4.42. The lowest BCUT2D eigenvalue weighted by atomic mass is 9.97. The van der Waals surface area contributed by atoms with Gasteiger partial charge in [0.2, 0.25) is 5.91 Å². The Hall–Kier alpha value is -0.650. The molecule has 5 nitrogen and oxygen atoms in total. The van der Waals surface area contributed by atoms with Crippen LogP contribution >= 0.6 is 0 Å². The average Bonchev–Trinajstić information content (AvgIpc) is 2.65. The molecule has 3 N–H and O–H groups in total. The minimum atomic E-state index is -0.0877. The number of hydrogen-bond donors (Lipinski definition) is 3. The van der Waals surface area contributed by atoms with Gasteiger partial charge in [0.25, 0.3) is 0 Å². The average molecular weight is 230 g/mol. The van der Waals surface area contributed by atoms with Crippen LogP contribution in [0.4, 0.5) is 0 Å². The molecular weight excluding hydrogens is 208 g/mol. The van der Waals surface area contributed by atoms with Crippen molar-refractivity contribution in [2.24, 2.45) is 11.8 Å². The van der Waals surface area contributed by atoms with Gasteiger partial charge in [-0.1, -0.05) is 6.92 Å². The standard InChI is InChI=1S/C11H22N2O3/c1-8-5-12-6-10(8)11(15)13-9(3-4-14)7-16-2/h8-10,12,14H,3-7H2,1-2H3,(H,13,15). The predicted molar refractivity (Wildman–Crippen MR) is 61.0 cm³/mol. The molecule has 3 atom stereocenters. The van der Waals surface area contributed by atoms with Crippen molar-refractivity contribution in [1.82, 2.24) is 10.6 Å². The van der Waals surface area contributed by atoms with Crippen LogP contribution in [0.5, 0.6) is 0 Å². The summed E-state index contributed by atoms with van der Waals surface area (Å²) in [7, 11) is 1.59. The van der Waals surface area contributed by atoms with Gasteiger partial charge >= 0.3 is 0 Å². The van der Waals surface area contributed by atoms with E-state index in [-0.39, 0.29) is 24.5 Å². The largest absolute Gasteiger partial charge is 0.396 e. The van der Waals surface area contributed by atoms with Crippen molar-refractivity contribution in [1.29, 1.82) is 0 Å². The van der Waals surface area contributed by atoms with E-state index < -0.39 is 0 Å². The number of ether oxygens (including phenoxy) is 1. The van der Waals surface area contributed by atoms with Gasteiger partial charge < -0.3 is 20.5 Å². The van der Waals surface area contributed by atoms with Gasteiger partial charge in [-0.3, -0.25) is 4.79 Å². The summed E-state index contributed by atoms with van der Waals surface area (Å²) in [5.41, 5.74) is 0. The smallest absolute Gasteiger partial charge is 0.225 e. The van der Waals surface area contributed by atoms with Gasteiger partial charge in [-0.15, -0.1) is 0 Å². The van der Waals surface area contributed by atoms with E-state index >= 15 is 0 Å². The highest BCUT2D eigenvalue weighted by Gasteiger charge is 2.30. The number of carbonyl (C=O) groups is 1. The molecule has 0 aliphatic carbocycles. The van der Waals surface area contributed by atoms with Crippen molar-refractivity contribution in [3.8, 4) is 0 Å². The molecule has 0 saturated carbocycles. The van der Waals surface area contributed by atoms with Crippen LogP contribution in [0.25, 0.3) is 0 Å². The molecule has 1 aliphatic rings. The zero-order chi connectivity index (χ0) is 12.0. The molecule has 1 heterocycles. The lowest BCUT2D eigenvalue weighted by Crippen LogP contribution is -2.43. The minimum absolute atomic E-state index is 0.0399. The van der Waals surface area contributed by atoms with Crippen LogP contribution in [0.3, 0.4) is 0 Å². The first-order valence-corrected chi connectivity index (χ1v) is 5.80. The quantitative estimate of drug-likeness (QED) is 0.567. The SMILES string of the molecule is COCC(CCO)NC(=O)C1CNCC1C. The fraction of sp³-hybridized carbons (Fsp3) is 0.909. The Morgan fingerprint density at radius 3 is 2.88 bits per heavy atom. The Bertz CT molecular complexity index is 217. The second kappa shape index (κ2) is 6.83. The van der Waals surface area contributed by atoms with Gasteiger partial charge in [0.05, 0.1) is 18.6 Å². The van der Waals surface area contributed by atoms with Crippen LogP contribution in [0.15, 0.2) is 0 Å². The number of methoxy groups -OCH3 is 1. The Morgan fingerprint density at radius 1 is 1.62 bits per heavy atom. The third-order valence-corrected chi connectivity index (χ3v) is 3.05. The third kappa shape index (κ3) is 3.73. The molecule has 5 heteroatoms. The van der Waals surface area contributed by atoms with Crippen molar-refractivity contribution >= 4 is 5.91 Å². The molecule has 0 aromatic rings. The van der Waals surface area contributed by atoms with Crippen molar-refractivity contribution in [3.63, 3.8) is 0 Å². The molecule has 94 valence electrons. The van der Waals surface area contributed by atoms with Crippen LogP contribution in [0.2, 0.25) is 0 Å². The highest BCUT2D eigenvalue weighted by molar-refractivity contribution is 5.79. The van der Waals surface area contributed by atoms with E-state index in [4.69, 9.17) is 9.84 Å². The molecule has 16 heavy (non-hydrogen) atoms. The zero-order valence-corrected chi connectivity index (χ0v) is 10.0. The maximum absolute atomic E-state index is 11.9. The Balaban J connectivity index is 2.40. The summed E-state index contributed by atoms with van der Waals surface area (Å²) in [5.74, 6) is 0.475. The Kier molecular flexibility index (Phi) is 5.73. The fourth-order valence-electron chi connectivity index (χ4n) is 2.02. The number of rotatable bonds is 6. The van der Waals surface area contributed by atoms with E-state index in [1.165, 1.54) is 0 Å². The monoisotopic (exact) mass is 230 g/mol. The number of aliphatic hydroxyl groups is 1. The number of amides is 1. The predicted octanol–water partition coefficient (Wildman–Crippen LogP) is -0.644. The highest BCUT2D eigenvalue weighted by Crippen LogP contribution is 2.16. The lowest BCUT2D eigenvalue weighted by Gasteiger charge is -2.20. The number of aliphatic hydroxyl groups excluding tert-OH is 1. The number of hydrogen-bond acceptors (Lipinski definition) is 4. The van der Waals surface area contributed by atoms with Crippen LogP contribution in [0, 0.1) is 11.8 Å². The summed E-state index contributed by atoms with van der Waals surface area (Å²) >= 11 is 0. The first-order chi connectivity index (χ1) is 7.69. The van der Waals surface area contributed by atoms with Crippen LogP contribution in [-0.2, 0) is 9.53 Å². The molecule has 1 saturated heterocycles. The van der Waals surface area contributed by atoms with E-state index in [1.807, 2.05) is 0 Å². The zero-order valence-electron chi connectivity index (χ0n) is 10.0. The fourth-order valence-corrected chi connectivity index (χ4v) is 2.02. The normalized spacial score (nSPS) is 26.7. The first-order valence-electron chi connectivity index (χ1n) is 5.80. The molecule has 1 aliphatic heterocycles. The molecule has 1 fully saturated rings. The van der Waals surface area contributed by atoms with Crippen LogP contribution < -0.4 is 10.6 Å². The molecule has 1 amide bonds. The van der Waals surface area contributed by atoms with Crippen molar-refractivity contribution in [2.45, 2.75) is 19.4 Å².